The van der Waals surface area contributed by atoms with E-state index in [2.05, 4.69) is 28.2 Å². The lowest BCUT2D eigenvalue weighted by Gasteiger charge is -2.40. The summed E-state index contributed by atoms with van der Waals surface area (Å²) < 4.78 is 0. The molecule has 1 N–H and O–H groups in total. The van der Waals surface area contributed by atoms with Crippen molar-refractivity contribution in [2.24, 2.45) is 5.92 Å². The first-order valence-electron chi connectivity index (χ1n) is 7.23. The van der Waals surface area contributed by atoms with Crippen LogP contribution in [-0.2, 0) is 6.54 Å². The Morgan fingerprint density at radius 1 is 1.44 bits per heavy atom. The van der Waals surface area contributed by atoms with Gasteiger partial charge in [0, 0.05) is 44.1 Å². The highest BCUT2D eigenvalue weighted by molar-refractivity contribution is 5.09. The van der Waals surface area contributed by atoms with Crippen LogP contribution in [0.25, 0.3) is 0 Å². The fourth-order valence-corrected chi connectivity index (χ4v) is 3.02. The summed E-state index contributed by atoms with van der Waals surface area (Å²) in [5.74, 6) is 0.944. The molecule has 1 aliphatic carbocycles. The molecule has 2 heterocycles. The van der Waals surface area contributed by atoms with Gasteiger partial charge in [-0.05, 0) is 36.8 Å². The zero-order valence-electron chi connectivity index (χ0n) is 11.2. The Hall–Kier alpha value is -0.930. The molecule has 1 aliphatic heterocycles. The van der Waals surface area contributed by atoms with Crippen molar-refractivity contribution in [1.29, 1.82) is 0 Å². The second kappa shape index (κ2) is 5.37. The van der Waals surface area contributed by atoms with Crippen molar-refractivity contribution < 1.29 is 0 Å². The first kappa shape index (κ1) is 12.1. The summed E-state index contributed by atoms with van der Waals surface area (Å²) in [5.41, 5.74) is 1.34. The Morgan fingerprint density at radius 3 is 3.00 bits per heavy atom. The summed E-state index contributed by atoms with van der Waals surface area (Å²) in [6, 6.07) is 5.63. The monoisotopic (exact) mass is 245 g/mol. The van der Waals surface area contributed by atoms with E-state index in [0.717, 1.165) is 25.0 Å². The molecule has 1 saturated carbocycles. The Morgan fingerprint density at radius 2 is 2.33 bits per heavy atom. The van der Waals surface area contributed by atoms with E-state index in [0.29, 0.717) is 6.04 Å². The van der Waals surface area contributed by atoms with E-state index in [4.69, 9.17) is 0 Å². The summed E-state index contributed by atoms with van der Waals surface area (Å²) in [6.45, 7) is 5.70. The molecule has 0 amide bonds. The van der Waals surface area contributed by atoms with Gasteiger partial charge in [-0.25, -0.2) is 0 Å². The quantitative estimate of drug-likeness (QED) is 0.880. The van der Waals surface area contributed by atoms with E-state index in [1.807, 2.05) is 18.5 Å². The van der Waals surface area contributed by atoms with Crippen LogP contribution in [0.1, 0.15) is 31.7 Å². The molecule has 2 unspecified atom stereocenters. The number of hydrogen-bond donors (Lipinski definition) is 1. The van der Waals surface area contributed by atoms with Crippen molar-refractivity contribution in [2.75, 3.05) is 13.1 Å². The van der Waals surface area contributed by atoms with Gasteiger partial charge in [-0.1, -0.05) is 13.0 Å². The van der Waals surface area contributed by atoms with Gasteiger partial charge >= 0.3 is 0 Å². The lowest BCUT2D eigenvalue weighted by Crippen LogP contribution is -2.56. The van der Waals surface area contributed by atoms with Gasteiger partial charge in [-0.3, -0.25) is 9.88 Å². The lowest BCUT2D eigenvalue weighted by atomic mass is 10.0. The Labute approximate surface area is 110 Å². The largest absolute Gasteiger partial charge is 0.311 e. The van der Waals surface area contributed by atoms with Crippen molar-refractivity contribution in [3.63, 3.8) is 0 Å². The molecule has 2 fully saturated rings. The van der Waals surface area contributed by atoms with Crippen molar-refractivity contribution in [3.8, 4) is 0 Å². The number of piperazine rings is 1. The van der Waals surface area contributed by atoms with Crippen molar-refractivity contribution in [2.45, 2.75) is 44.8 Å². The summed E-state index contributed by atoms with van der Waals surface area (Å²) in [5, 5.41) is 3.74. The molecule has 2 aliphatic rings. The summed E-state index contributed by atoms with van der Waals surface area (Å²) >= 11 is 0. The van der Waals surface area contributed by atoms with Crippen LogP contribution in [0.15, 0.2) is 24.5 Å². The van der Waals surface area contributed by atoms with Crippen LogP contribution >= 0.6 is 0 Å². The second-order valence-corrected chi connectivity index (χ2v) is 5.70. The third-order valence-electron chi connectivity index (χ3n) is 4.33. The zero-order chi connectivity index (χ0) is 12.4. The average Bonchev–Trinajstić information content (AvgIpc) is 3.24. The molecular formula is C15H23N3. The minimum absolute atomic E-state index is 0.681. The summed E-state index contributed by atoms with van der Waals surface area (Å²) in [4.78, 5) is 6.87. The van der Waals surface area contributed by atoms with Gasteiger partial charge in [0.25, 0.3) is 0 Å². The van der Waals surface area contributed by atoms with E-state index < -0.39 is 0 Å². The molecular weight excluding hydrogens is 222 g/mol. The van der Waals surface area contributed by atoms with Crippen LogP contribution < -0.4 is 5.32 Å². The molecule has 1 aromatic heterocycles. The SMILES string of the molecule is CCC1CNC(C2CC2)CN1Cc1cccnc1. The fourth-order valence-electron chi connectivity index (χ4n) is 3.02. The van der Waals surface area contributed by atoms with Gasteiger partial charge in [-0.2, -0.15) is 0 Å². The lowest BCUT2D eigenvalue weighted by molar-refractivity contribution is 0.111. The molecule has 1 aromatic rings. The maximum Gasteiger partial charge on any atom is 0.0312 e. The van der Waals surface area contributed by atoms with Crippen molar-refractivity contribution in [1.82, 2.24) is 15.2 Å². The number of hydrogen-bond acceptors (Lipinski definition) is 3. The third-order valence-corrected chi connectivity index (χ3v) is 4.33. The first-order chi connectivity index (χ1) is 8.86. The zero-order valence-corrected chi connectivity index (χ0v) is 11.2. The van der Waals surface area contributed by atoms with Gasteiger partial charge < -0.3 is 5.32 Å². The maximum absolute atomic E-state index is 4.23. The predicted octanol–water partition coefficient (Wildman–Crippen LogP) is 2.04. The molecule has 1 saturated heterocycles. The summed E-state index contributed by atoms with van der Waals surface area (Å²) in [7, 11) is 0. The van der Waals surface area contributed by atoms with E-state index >= 15 is 0 Å². The van der Waals surface area contributed by atoms with Gasteiger partial charge in [0.15, 0.2) is 0 Å². The first-order valence-corrected chi connectivity index (χ1v) is 7.23. The molecule has 2 atom stereocenters. The number of nitrogens with one attached hydrogen (secondary N) is 1. The molecule has 3 rings (SSSR count). The van der Waals surface area contributed by atoms with Crippen LogP contribution in [0, 0.1) is 5.92 Å². The molecule has 98 valence electrons. The molecule has 0 spiro atoms. The predicted molar refractivity (Wildman–Crippen MR) is 73.2 cm³/mol. The number of pyridine rings is 1. The number of aromatic nitrogens is 1. The normalized spacial score (nSPS) is 29.4. The number of rotatable bonds is 4. The van der Waals surface area contributed by atoms with Crippen LogP contribution in [0.2, 0.25) is 0 Å². The minimum atomic E-state index is 0.681. The highest BCUT2D eigenvalue weighted by Crippen LogP contribution is 2.34. The average molecular weight is 245 g/mol. The van der Waals surface area contributed by atoms with E-state index in [-0.39, 0.29) is 0 Å². The molecule has 3 nitrogen and oxygen atoms in total. The van der Waals surface area contributed by atoms with Crippen LogP contribution in [0.3, 0.4) is 0 Å². The van der Waals surface area contributed by atoms with Gasteiger partial charge in [0.05, 0.1) is 0 Å². The fraction of sp³-hybridized carbons (Fsp3) is 0.667. The van der Waals surface area contributed by atoms with Gasteiger partial charge in [0.1, 0.15) is 0 Å². The molecule has 0 bridgehead atoms. The highest BCUT2D eigenvalue weighted by atomic mass is 15.2. The summed E-state index contributed by atoms with van der Waals surface area (Å²) in [6.07, 6.45) is 7.93. The molecule has 0 radical (unpaired) electrons. The molecule has 18 heavy (non-hydrogen) atoms. The van der Waals surface area contributed by atoms with Crippen LogP contribution in [-0.4, -0.2) is 35.1 Å². The Balaban J connectivity index is 1.66. The van der Waals surface area contributed by atoms with E-state index in [1.54, 1.807) is 0 Å². The van der Waals surface area contributed by atoms with Gasteiger partial charge in [-0.15, -0.1) is 0 Å². The standard InChI is InChI=1S/C15H23N3/c1-2-14-9-17-15(13-5-6-13)11-18(14)10-12-4-3-7-16-8-12/h3-4,7-8,13-15,17H,2,5-6,9-11H2,1H3. The highest BCUT2D eigenvalue weighted by Gasteiger charge is 2.36. The minimum Gasteiger partial charge on any atom is -0.311 e. The van der Waals surface area contributed by atoms with E-state index in [9.17, 15) is 0 Å². The Kier molecular flexibility index (Phi) is 3.62. The second-order valence-electron chi connectivity index (χ2n) is 5.70. The van der Waals surface area contributed by atoms with Crippen LogP contribution in [0.5, 0.6) is 0 Å². The topological polar surface area (TPSA) is 28.2 Å². The number of nitrogens with zero attached hydrogens (tertiary/aromatic N) is 2. The third kappa shape index (κ3) is 2.73. The maximum atomic E-state index is 4.23. The van der Waals surface area contributed by atoms with Crippen molar-refractivity contribution >= 4 is 0 Å². The smallest absolute Gasteiger partial charge is 0.0312 e. The van der Waals surface area contributed by atoms with E-state index in [1.165, 1.54) is 31.4 Å². The molecule has 3 heteroatoms. The Bertz CT molecular complexity index is 375. The van der Waals surface area contributed by atoms with Gasteiger partial charge in [0.2, 0.25) is 0 Å². The van der Waals surface area contributed by atoms with Crippen LogP contribution in [0.4, 0.5) is 0 Å². The molecule has 0 aromatic carbocycles. The van der Waals surface area contributed by atoms with Crippen molar-refractivity contribution in [3.05, 3.63) is 30.1 Å².